The van der Waals surface area contributed by atoms with E-state index in [1.807, 2.05) is 36.4 Å². The van der Waals surface area contributed by atoms with Crippen molar-refractivity contribution in [3.8, 4) is 0 Å². The molecule has 0 bridgehead atoms. The maximum absolute atomic E-state index is 14.5. The molecule has 4 heteroatoms. The summed E-state index contributed by atoms with van der Waals surface area (Å²) in [6, 6.07) is 7.78. The van der Waals surface area contributed by atoms with Crippen molar-refractivity contribution in [3.63, 3.8) is 0 Å². The Morgan fingerprint density at radius 3 is 2.75 bits per heavy atom. The van der Waals surface area contributed by atoms with Crippen LogP contribution in [0.5, 0.6) is 0 Å². The Kier molecular flexibility index (Phi) is 2.78. The molecule has 0 aromatic heterocycles. The van der Waals surface area contributed by atoms with Crippen molar-refractivity contribution in [2.45, 2.75) is 30.3 Å². The predicted octanol–water partition coefficient (Wildman–Crippen LogP) is 2.59. The van der Waals surface area contributed by atoms with Gasteiger partial charge in [0.15, 0.2) is 5.78 Å². The van der Waals surface area contributed by atoms with Crippen LogP contribution in [0.2, 0.25) is 0 Å². The van der Waals surface area contributed by atoms with Gasteiger partial charge in [0.25, 0.3) is 5.67 Å². The van der Waals surface area contributed by atoms with E-state index in [1.54, 1.807) is 0 Å². The first kappa shape index (κ1) is 13.0. The van der Waals surface area contributed by atoms with E-state index in [9.17, 15) is 14.0 Å². The molecule has 1 aromatic carbocycles. The van der Waals surface area contributed by atoms with Gasteiger partial charge in [-0.15, -0.1) is 0 Å². The van der Waals surface area contributed by atoms with Crippen LogP contribution in [0.4, 0.5) is 4.39 Å². The number of ether oxygens (including phenoxy) is 1. The van der Waals surface area contributed by atoms with Gasteiger partial charge in [0.2, 0.25) is 0 Å². The minimum absolute atomic E-state index is 0.00606. The van der Waals surface area contributed by atoms with Crippen molar-refractivity contribution < 1.29 is 18.7 Å². The number of hydrogen-bond donors (Lipinski definition) is 0. The van der Waals surface area contributed by atoms with Gasteiger partial charge in [0.05, 0.1) is 7.11 Å². The third-order valence-corrected chi connectivity index (χ3v) is 4.42. The van der Waals surface area contributed by atoms with E-state index >= 15 is 0 Å². The summed E-state index contributed by atoms with van der Waals surface area (Å²) in [6.07, 6.45) is 4.24. The van der Waals surface area contributed by atoms with E-state index < -0.39 is 22.8 Å². The third kappa shape index (κ3) is 1.64. The molecule has 2 aliphatic carbocycles. The number of hydrogen-bond acceptors (Lipinski definition) is 3. The molecule has 3 nitrogen and oxygen atoms in total. The standard InChI is InChI=1S/C16H15FO3/c1-20-14(19)16(17)9-8-15(10-13(16)18)7-6-11-4-2-3-5-12(11)15/h2-7H,8-10H2,1H3. The Balaban J connectivity index is 1.94. The molecule has 0 N–H and O–H groups in total. The van der Waals surface area contributed by atoms with Crippen LogP contribution in [0.1, 0.15) is 30.4 Å². The van der Waals surface area contributed by atoms with E-state index in [0.29, 0.717) is 6.42 Å². The molecule has 0 radical (unpaired) electrons. The summed E-state index contributed by atoms with van der Waals surface area (Å²) >= 11 is 0. The van der Waals surface area contributed by atoms with Gasteiger partial charge in [-0.05, 0) is 17.5 Å². The summed E-state index contributed by atoms with van der Waals surface area (Å²) in [5.41, 5.74) is -0.840. The van der Waals surface area contributed by atoms with Gasteiger partial charge in [0, 0.05) is 18.3 Å². The monoisotopic (exact) mass is 274 g/mol. The lowest BCUT2D eigenvalue weighted by Crippen LogP contribution is -2.50. The average molecular weight is 274 g/mol. The molecule has 0 heterocycles. The number of allylic oxidation sites excluding steroid dienone is 1. The topological polar surface area (TPSA) is 43.4 Å². The van der Waals surface area contributed by atoms with Crippen molar-refractivity contribution in [1.82, 2.24) is 0 Å². The number of esters is 1. The molecule has 3 rings (SSSR count). The van der Waals surface area contributed by atoms with Crippen LogP contribution >= 0.6 is 0 Å². The summed E-state index contributed by atoms with van der Waals surface area (Å²) in [5, 5.41) is 0. The first-order valence-electron chi connectivity index (χ1n) is 6.61. The number of benzene rings is 1. The Hall–Kier alpha value is -1.97. The number of carbonyl (C=O) groups is 2. The molecule has 0 aliphatic heterocycles. The Morgan fingerprint density at radius 2 is 2.05 bits per heavy atom. The summed E-state index contributed by atoms with van der Waals surface area (Å²) in [7, 11) is 1.10. The lowest BCUT2D eigenvalue weighted by Gasteiger charge is -2.37. The number of carbonyl (C=O) groups excluding carboxylic acids is 2. The molecule has 20 heavy (non-hydrogen) atoms. The summed E-state index contributed by atoms with van der Waals surface area (Å²) in [4.78, 5) is 23.7. The highest BCUT2D eigenvalue weighted by molar-refractivity contribution is 6.08. The highest BCUT2D eigenvalue weighted by Crippen LogP contribution is 2.48. The minimum atomic E-state index is -2.48. The predicted molar refractivity (Wildman–Crippen MR) is 71.9 cm³/mol. The van der Waals surface area contributed by atoms with E-state index in [-0.39, 0.29) is 12.8 Å². The molecule has 1 saturated carbocycles. The van der Waals surface area contributed by atoms with Crippen LogP contribution in [0.15, 0.2) is 30.3 Å². The molecule has 1 fully saturated rings. The van der Waals surface area contributed by atoms with Gasteiger partial charge in [-0.1, -0.05) is 36.4 Å². The second-order valence-electron chi connectivity index (χ2n) is 5.47. The Morgan fingerprint density at radius 1 is 1.30 bits per heavy atom. The maximum atomic E-state index is 14.5. The van der Waals surface area contributed by atoms with Gasteiger partial charge >= 0.3 is 5.97 Å². The molecule has 2 unspecified atom stereocenters. The highest BCUT2D eigenvalue weighted by Gasteiger charge is 2.55. The van der Waals surface area contributed by atoms with Crippen LogP contribution in [-0.4, -0.2) is 24.5 Å². The molecule has 1 aromatic rings. The lowest BCUT2D eigenvalue weighted by atomic mass is 9.66. The van der Waals surface area contributed by atoms with E-state index in [2.05, 4.69) is 4.74 Å². The van der Waals surface area contributed by atoms with Crippen molar-refractivity contribution in [2.24, 2.45) is 0 Å². The zero-order valence-corrected chi connectivity index (χ0v) is 11.2. The Bertz CT molecular complexity index is 622. The van der Waals surface area contributed by atoms with Crippen LogP contribution in [0.25, 0.3) is 6.08 Å². The number of fused-ring (bicyclic) bond motifs is 2. The van der Waals surface area contributed by atoms with Crippen molar-refractivity contribution >= 4 is 17.8 Å². The maximum Gasteiger partial charge on any atom is 0.351 e. The van der Waals surface area contributed by atoms with Crippen molar-refractivity contribution in [1.29, 1.82) is 0 Å². The molecular weight excluding hydrogens is 259 g/mol. The lowest BCUT2D eigenvalue weighted by molar-refractivity contribution is -0.163. The second-order valence-corrected chi connectivity index (χ2v) is 5.47. The SMILES string of the molecule is COC(=O)C1(F)CCC2(C=Cc3ccccc32)CC1=O. The molecule has 1 spiro atoms. The van der Waals surface area contributed by atoms with Gasteiger partial charge in [0.1, 0.15) is 0 Å². The molecule has 0 amide bonds. The molecule has 2 atom stereocenters. The number of halogens is 1. The molecule has 2 aliphatic rings. The number of ketones is 1. The fraction of sp³-hybridized carbons (Fsp3) is 0.375. The van der Waals surface area contributed by atoms with Crippen molar-refractivity contribution in [2.75, 3.05) is 7.11 Å². The van der Waals surface area contributed by atoms with Crippen LogP contribution < -0.4 is 0 Å². The Labute approximate surface area is 116 Å². The first-order valence-corrected chi connectivity index (χ1v) is 6.61. The first-order chi connectivity index (χ1) is 9.52. The number of methoxy groups -OCH3 is 1. The van der Waals surface area contributed by atoms with E-state index in [0.717, 1.165) is 18.2 Å². The molecule has 0 saturated heterocycles. The highest BCUT2D eigenvalue weighted by atomic mass is 19.1. The summed E-state index contributed by atoms with van der Waals surface area (Å²) in [5.74, 6) is -1.76. The number of Topliss-reactive ketones (excluding diaryl/α,β-unsaturated/α-hetero) is 1. The van der Waals surface area contributed by atoms with E-state index in [4.69, 9.17) is 0 Å². The number of rotatable bonds is 1. The van der Waals surface area contributed by atoms with E-state index in [1.165, 1.54) is 0 Å². The second kappa shape index (κ2) is 4.27. The van der Waals surface area contributed by atoms with Crippen LogP contribution in [0, 0.1) is 0 Å². The van der Waals surface area contributed by atoms with Gasteiger partial charge < -0.3 is 4.74 Å². The fourth-order valence-electron chi connectivity index (χ4n) is 3.23. The van der Waals surface area contributed by atoms with Crippen LogP contribution in [0.3, 0.4) is 0 Å². The third-order valence-electron chi connectivity index (χ3n) is 4.42. The van der Waals surface area contributed by atoms with Crippen LogP contribution in [-0.2, 0) is 19.7 Å². The molecule has 104 valence electrons. The summed E-state index contributed by atoms with van der Waals surface area (Å²) < 4.78 is 19.0. The van der Waals surface area contributed by atoms with Gasteiger partial charge in [-0.25, -0.2) is 9.18 Å². The zero-order chi connectivity index (χ0) is 14.4. The quantitative estimate of drug-likeness (QED) is 0.584. The van der Waals surface area contributed by atoms with Crippen molar-refractivity contribution in [3.05, 3.63) is 41.5 Å². The van der Waals surface area contributed by atoms with Gasteiger partial charge in [-0.2, -0.15) is 0 Å². The molecular formula is C16H15FO3. The average Bonchev–Trinajstić information content (AvgIpc) is 2.82. The normalized spacial score (nSPS) is 31.4. The number of alkyl halides is 1. The smallest absolute Gasteiger partial charge is 0.351 e. The fourth-order valence-corrected chi connectivity index (χ4v) is 3.23. The largest absolute Gasteiger partial charge is 0.466 e. The van der Waals surface area contributed by atoms with Gasteiger partial charge in [-0.3, -0.25) is 4.79 Å². The zero-order valence-electron chi connectivity index (χ0n) is 11.2. The summed E-state index contributed by atoms with van der Waals surface area (Å²) in [6.45, 7) is 0. The minimum Gasteiger partial charge on any atom is -0.466 e.